The number of hydrogen-bond acceptors (Lipinski definition) is 3. The molecule has 0 saturated carbocycles. The van der Waals surface area contributed by atoms with E-state index in [1.165, 1.54) is 11.8 Å². The molecule has 0 radical (unpaired) electrons. The molecule has 1 aromatic carbocycles. The summed E-state index contributed by atoms with van der Waals surface area (Å²) in [6.07, 6.45) is 2.08. The molecule has 22 heavy (non-hydrogen) atoms. The number of halogens is 2. The molecule has 0 bridgehead atoms. The van der Waals surface area contributed by atoms with E-state index in [1.54, 1.807) is 4.90 Å². The maximum absolute atomic E-state index is 12.4. The predicted octanol–water partition coefficient (Wildman–Crippen LogP) is 2.13. The molecule has 2 heterocycles. The first kappa shape index (κ1) is 15.1. The van der Waals surface area contributed by atoms with Crippen LogP contribution >= 0.6 is 23.2 Å². The largest absolute Gasteiger partial charge is 0.336 e. The summed E-state index contributed by atoms with van der Waals surface area (Å²) >= 11 is 11.5. The van der Waals surface area contributed by atoms with E-state index in [2.05, 4.69) is 11.2 Å². The first-order valence-electron chi connectivity index (χ1n) is 6.82. The number of rotatable bonds is 2. The molecule has 0 spiro atoms. The number of carbonyl (C=O) groups is 1. The molecular formula is C15H13Cl2N3O2. The quantitative estimate of drug-likeness (QED) is 0.843. The average Bonchev–Trinajstić information content (AvgIpc) is 2.55. The van der Waals surface area contributed by atoms with Crippen molar-refractivity contribution in [3.63, 3.8) is 0 Å². The maximum atomic E-state index is 12.4. The van der Waals surface area contributed by atoms with Crippen molar-refractivity contribution in [2.75, 3.05) is 6.54 Å². The Kier molecular flexibility index (Phi) is 4.18. The van der Waals surface area contributed by atoms with Crippen LogP contribution in [-0.4, -0.2) is 27.1 Å². The minimum atomic E-state index is -0.556. The summed E-state index contributed by atoms with van der Waals surface area (Å²) in [4.78, 5) is 26.0. The SMILES string of the molecule is O=C(Cn1ncc(Cl)c(Cl)c1=O)N1CCc2ccccc2C1. The zero-order valence-electron chi connectivity index (χ0n) is 11.6. The summed E-state index contributed by atoms with van der Waals surface area (Å²) in [5.41, 5.74) is 1.84. The topological polar surface area (TPSA) is 55.2 Å². The van der Waals surface area contributed by atoms with Crippen molar-refractivity contribution in [3.05, 3.63) is 62.0 Å². The zero-order chi connectivity index (χ0) is 15.7. The normalized spacial score (nSPS) is 13.8. The van der Waals surface area contributed by atoms with Crippen molar-refractivity contribution in [3.8, 4) is 0 Å². The molecule has 0 saturated heterocycles. The highest BCUT2D eigenvalue weighted by atomic mass is 35.5. The fraction of sp³-hybridized carbons (Fsp3) is 0.267. The van der Waals surface area contributed by atoms with Gasteiger partial charge in [-0.25, -0.2) is 4.68 Å². The van der Waals surface area contributed by atoms with E-state index < -0.39 is 5.56 Å². The smallest absolute Gasteiger partial charge is 0.287 e. The van der Waals surface area contributed by atoms with E-state index in [-0.39, 0.29) is 22.5 Å². The van der Waals surface area contributed by atoms with Gasteiger partial charge in [-0.1, -0.05) is 47.5 Å². The van der Waals surface area contributed by atoms with Crippen LogP contribution in [0.15, 0.2) is 35.3 Å². The highest BCUT2D eigenvalue weighted by Gasteiger charge is 2.21. The Hall–Kier alpha value is -1.85. The Morgan fingerprint density at radius 3 is 2.73 bits per heavy atom. The van der Waals surface area contributed by atoms with Crippen LogP contribution < -0.4 is 5.56 Å². The maximum Gasteiger partial charge on any atom is 0.287 e. The zero-order valence-corrected chi connectivity index (χ0v) is 13.1. The second-order valence-corrected chi connectivity index (χ2v) is 5.89. The molecule has 0 unspecified atom stereocenters. The van der Waals surface area contributed by atoms with Crippen LogP contribution in [0.25, 0.3) is 0 Å². The molecule has 5 nitrogen and oxygen atoms in total. The Bertz CT molecular complexity index is 789. The standard InChI is InChI=1S/C15H13Cl2N3O2/c16-12-7-18-20(15(22)14(12)17)9-13(21)19-6-5-10-3-1-2-4-11(10)8-19/h1-4,7H,5-6,8-9H2. The second-order valence-electron chi connectivity index (χ2n) is 5.10. The molecule has 1 aromatic heterocycles. The number of aromatic nitrogens is 2. The van der Waals surface area contributed by atoms with E-state index in [0.29, 0.717) is 13.1 Å². The first-order chi connectivity index (χ1) is 10.6. The third-order valence-electron chi connectivity index (χ3n) is 3.71. The van der Waals surface area contributed by atoms with Crippen molar-refractivity contribution in [2.45, 2.75) is 19.5 Å². The molecule has 0 atom stereocenters. The van der Waals surface area contributed by atoms with E-state index in [1.807, 2.05) is 18.2 Å². The molecule has 1 amide bonds. The summed E-state index contributed by atoms with van der Waals surface area (Å²) < 4.78 is 1.04. The predicted molar refractivity (Wildman–Crippen MR) is 84.1 cm³/mol. The van der Waals surface area contributed by atoms with Crippen LogP contribution in [0.5, 0.6) is 0 Å². The van der Waals surface area contributed by atoms with Crippen molar-refractivity contribution >= 4 is 29.1 Å². The average molecular weight is 338 g/mol. The number of hydrogen-bond donors (Lipinski definition) is 0. The van der Waals surface area contributed by atoms with Gasteiger partial charge in [-0.2, -0.15) is 5.10 Å². The Morgan fingerprint density at radius 1 is 1.23 bits per heavy atom. The monoisotopic (exact) mass is 337 g/mol. The van der Waals surface area contributed by atoms with Crippen molar-refractivity contribution in [1.29, 1.82) is 0 Å². The number of carbonyl (C=O) groups excluding carboxylic acids is 1. The van der Waals surface area contributed by atoms with Gasteiger partial charge in [0.25, 0.3) is 5.56 Å². The highest BCUT2D eigenvalue weighted by Crippen LogP contribution is 2.19. The van der Waals surface area contributed by atoms with Gasteiger partial charge in [-0.05, 0) is 17.5 Å². The fourth-order valence-electron chi connectivity index (χ4n) is 2.49. The first-order valence-corrected chi connectivity index (χ1v) is 7.57. The fourth-order valence-corrected chi connectivity index (χ4v) is 2.77. The summed E-state index contributed by atoms with van der Waals surface area (Å²) in [6, 6.07) is 8.04. The molecule has 0 N–H and O–H groups in total. The van der Waals surface area contributed by atoms with Gasteiger partial charge in [0.2, 0.25) is 5.91 Å². The van der Waals surface area contributed by atoms with Crippen LogP contribution in [0.3, 0.4) is 0 Å². The molecule has 3 rings (SSSR count). The van der Waals surface area contributed by atoms with E-state index in [0.717, 1.165) is 16.7 Å². The molecule has 1 aliphatic heterocycles. The molecule has 2 aromatic rings. The Morgan fingerprint density at radius 2 is 1.95 bits per heavy atom. The van der Waals surface area contributed by atoms with Crippen LogP contribution in [0.4, 0.5) is 0 Å². The van der Waals surface area contributed by atoms with Gasteiger partial charge in [-0.3, -0.25) is 9.59 Å². The lowest BCUT2D eigenvalue weighted by molar-refractivity contribution is -0.133. The summed E-state index contributed by atoms with van der Waals surface area (Å²) in [6.45, 7) is 1.04. The minimum Gasteiger partial charge on any atom is -0.336 e. The van der Waals surface area contributed by atoms with Crippen molar-refractivity contribution in [2.24, 2.45) is 0 Å². The number of amides is 1. The van der Waals surface area contributed by atoms with Crippen LogP contribution in [-0.2, 0) is 24.3 Å². The van der Waals surface area contributed by atoms with Gasteiger partial charge in [-0.15, -0.1) is 0 Å². The van der Waals surface area contributed by atoms with E-state index in [4.69, 9.17) is 23.2 Å². The lowest BCUT2D eigenvalue weighted by Crippen LogP contribution is -2.40. The Balaban J connectivity index is 1.77. The molecule has 114 valence electrons. The van der Waals surface area contributed by atoms with Crippen molar-refractivity contribution < 1.29 is 4.79 Å². The van der Waals surface area contributed by atoms with Crippen LogP contribution in [0.1, 0.15) is 11.1 Å². The van der Waals surface area contributed by atoms with Gasteiger partial charge >= 0.3 is 0 Å². The Labute approximate surface area is 137 Å². The molecular weight excluding hydrogens is 325 g/mol. The summed E-state index contributed by atoms with van der Waals surface area (Å²) in [5, 5.41) is 3.83. The van der Waals surface area contributed by atoms with Gasteiger partial charge in [0.05, 0.1) is 11.2 Å². The molecule has 0 fully saturated rings. The summed E-state index contributed by atoms with van der Waals surface area (Å²) in [5.74, 6) is -0.164. The van der Waals surface area contributed by atoms with Gasteiger partial charge in [0.15, 0.2) is 0 Å². The van der Waals surface area contributed by atoms with Crippen LogP contribution in [0, 0.1) is 0 Å². The number of fused-ring (bicyclic) bond motifs is 1. The lowest BCUT2D eigenvalue weighted by atomic mass is 10.00. The molecule has 7 heteroatoms. The molecule has 1 aliphatic rings. The number of nitrogens with zero attached hydrogens (tertiary/aromatic N) is 3. The van der Waals surface area contributed by atoms with Crippen LogP contribution in [0.2, 0.25) is 10.0 Å². The lowest BCUT2D eigenvalue weighted by Gasteiger charge is -2.28. The minimum absolute atomic E-state index is 0.0854. The van der Waals surface area contributed by atoms with E-state index in [9.17, 15) is 9.59 Å². The third kappa shape index (κ3) is 2.87. The van der Waals surface area contributed by atoms with Gasteiger partial charge in [0, 0.05) is 13.1 Å². The third-order valence-corrected chi connectivity index (χ3v) is 4.46. The van der Waals surface area contributed by atoms with Gasteiger partial charge in [0.1, 0.15) is 11.6 Å². The van der Waals surface area contributed by atoms with Gasteiger partial charge < -0.3 is 4.90 Å². The number of benzene rings is 1. The molecule has 0 aliphatic carbocycles. The van der Waals surface area contributed by atoms with Crippen molar-refractivity contribution in [1.82, 2.24) is 14.7 Å². The second kappa shape index (κ2) is 6.10. The summed E-state index contributed by atoms with van der Waals surface area (Å²) in [7, 11) is 0. The van der Waals surface area contributed by atoms with E-state index >= 15 is 0 Å². The highest BCUT2D eigenvalue weighted by molar-refractivity contribution is 6.41.